The van der Waals surface area contributed by atoms with Crippen molar-refractivity contribution in [2.75, 3.05) is 5.32 Å². The van der Waals surface area contributed by atoms with Gasteiger partial charge in [-0.2, -0.15) is 0 Å². The van der Waals surface area contributed by atoms with Crippen molar-refractivity contribution >= 4 is 5.82 Å². The Kier molecular flexibility index (Phi) is 4.47. The summed E-state index contributed by atoms with van der Waals surface area (Å²) < 4.78 is 0. The molecule has 110 valence electrons. The Bertz CT molecular complexity index is 686. The highest BCUT2D eigenvalue weighted by Gasteiger charge is 2.22. The quantitative estimate of drug-likeness (QED) is 0.747. The molecule has 3 rings (SSSR count). The van der Waals surface area contributed by atoms with Gasteiger partial charge in [-0.1, -0.05) is 66.7 Å². The lowest BCUT2D eigenvalue weighted by Gasteiger charge is -2.25. The average Bonchev–Trinajstić information content (AvgIpc) is 2.61. The standard InChI is InChI=1S/C19H18N2O/c22-19(16-11-5-2-6-12-16)18(15-9-3-1-4-10-15)21-17-13-7-8-14-20-17/h1-14,18-19,22H,(H,20,21)/t18-,19-/m0/s1. The third-order valence-electron chi connectivity index (χ3n) is 3.58. The fourth-order valence-corrected chi connectivity index (χ4v) is 2.46. The van der Waals surface area contributed by atoms with Gasteiger partial charge in [0.2, 0.25) is 0 Å². The molecule has 0 spiro atoms. The largest absolute Gasteiger partial charge is 0.386 e. The summed E-state index contributed by atoms with van der Waals surface area (Å²) >= 11 is 0. The SMILES string of the molecule is O[C@@H](c1ccccc1)[C@@H](Nc1ccccn1)c1ccccc1. The molecular formula is C19H18N2O. The normalized spacial score (nSPS) is 13.3. The Hall–Kier alpha value is -2.65. The summed E-state index contributed by atoms with van der Waals surface area (Å²) in [6.07, 6.45) is 1.07. The van der Waals surface area contributed by atoms with Crippen LogP contribution in [0.5, 0.6) is 0 Å². The van der Waals surface area contributed by atoms with Gasteiger partial charge in [0.15, 0.2) is 0 Å². The smallest absolute Gasteiger partial charge is 0.126 e. The second-order valence-corrected chi connectivity index (χ2v) is 5.10. The van der Waals surface area contributed by atoms with Gasteiger partial charge in [-0.3, -0.25) is 0 Å². The molecule has 2 aromatic carbocycles. The van der Waals surface area contributed by atoms with Crippen molar-refractivity contribution in [3.8, 4) is 0 Å². The van der Waals surface area contributed by atoms with Gasteiger partial charge in [0.1, 0.15) is 11.9 Å². The van der Waals surface area contributed by atoms with Gasteiger partial charge in [0.25, 0.3) is 0 Å². The van der Waals surface area contributed by atoms with E-state index in [4.69, 9.17) is 0 Å². The highest BCUT2D eigenvalue weighted by atomic mass is 16.3. The summed E-state index contributed by atoms with van der Waals surface area (Å²) in [5.41, 5.74) is 1.89. The van der Waals surface area contributed by atoms with Crippen LogP contribution in [0.4, 0.5) is 5.82 Å². The van der Waals surface area contributed by atoms with Crippen LogP contribution in [0.2, 0.25) is 0 Å². The average molecular weight is 290 g/mol. The lowest BCUT2D eigenvalue weighted by atomic mass is 9.96. The van der Waals surface area contributed by atoms with Gasteiger partial charge in [-0.25, -0.2) is 4.98 Å². The fraction of sp³-hybridized carbons (Fsp3) is 0.105. The number of nitrogens with one attached hydrogen (secondary N) is 1. The number of aliphatic hydroxyl groups is 1. The molecule has 0 aliphatic rings. The zero-order chi connectivity index (χ0) is 15.2. The van der Waals surface area contributed by atoms with E-state index in [1.807, 2.05) is 78.9 Å². The van der Waals surface area contributed by atoms with E-state index in [2.05, 4.69) is 10.3 Å². The zero-order valence-electron chi connectivity index (χ0n) is 12.1. The van der Waals surface area contributed by atoms with Gasteiger partial charge in [0.05, 0.1) is 6.04 Å². The van der Waals surface area contributed by atoms with E-state index in [1.54, 1.807) is 6.20 Å². The Labute approximate surface area is 130 Å². The summed E-state index contributed by atoms with van der Waals surface area (Å²) in [4.78, 5) is 4.30. The molecule has 0 radical (unpaired) electrons. The number of hydrogen-bond donors (Lipinski definition) is 2. The first-order valence-electron chi connectivity index (χ1n) is 7.30. The van der Waals surface area contributed by atoms with Crippen molar-refractivity contribution in [3.05, 3.63) is 96.2 Å². The lowest BCUT2D eigenvalue weighted by Crippen LogP contribution is -2.20. The molecule has 0 fully saturated rings. The van der Waals surface area contributed by atoms with Crippen molar-refractivity contribution < 1.29 is 5.11 Å². The Balaban J connectivity index is 1.93. The highest BCUT2D eigenvalue weighted by Crippen LogP contribution is 2.31. The molecule has 3 aromatic rings. The molecule has 1 heterocycles. The zero-order valence-corrected chi connectivity index (χ0v) is 12.1. The monoisotopic (exact) mass is 290 g/mol. The first-order chi connectivity index (χ1) is 10.8. The molecule has 0 saturated heterocycles. The molecule has 3 nitrogen and oxygen atoms in total. The topological polar surface area (TPSA) is 45.1 Å². The van der Waals surface area contributed by atoms with E-state index in [0.717, 1.165) is 16.9 Å². The number of anilines is 1. The predicted octanol–water partition coefficient (Wildman–Crippen LogP) is 3.97. The summed E-state index contributed by atoms with van der Waals surface area (Å²) in [6.45, 7) is 0. The lowest BCUT2D eigenvalue weighted by molar-refractivity contribution is 0.154. The first-order valence-corrected chi connectivity index (χ1v) is 7.30. The van der Waals surface area contributed by atoms with E-state index < -0.39 is 6.10 Å². The van der Waals surface area contributed by atoms with Crippen LogP contribution in [0.25, 0.3) is 0 Å². The maximum atomic E-state index is 10.8. The minimum Gasteiger partial charge on any atom is -0.386 e. The van der Waals surface area contributed by atoms with Crippen LogP contribution >= 0.6 is 0 Å². The third-order valence-corrected chi connectivity index (χ3v) is 3.58. The van der Waals surface area contributed by atoms with Gasteiger partial charge in [0, 0.05) is 6.20 Å². The van der Waals surface area contributed by atoms with Crippen molar-refractivity contribution in [1.82, 2.24) is 4.98 Å². The van der Waals surface area contributed by atoms with Crippen LogP contribution in [0.3, 0.4) is 0 Å². The van der Waals surface area contributed by atoms with Gasteiger partial charge in [-0.05, 0) is 23.3 Å². The second-order valence-electron chi connectivity index (χ2n) is 5.10. The van der Waals surface area contributed by atoms with Gasteiger partial charge >= 0.3 is 0 Å². The van der Waals surface area contributed by atoms with Crippen molar-refractivity contribution in [2.45, 2.75) is 12.1 Å². The van der Waals surface area contributed by atoms with Crippen LogP contribution in [0.1, 0.15) is 23.3 Å². The summed E-state index contributed by atoms with van der Waals surface area (Å²) in [5.74, 6) is 0.742. The molecule has 22 heavy (non-hydrogen) atoms. The molecule has 2 atom stereocenters. The Morgan fingerprint density at radius 2 is 1.32 bits per heavy atom. The van der Waals surface area contributed by atoms with Crippen LogP contribution < -0.4 is 5.32 Å². The van der Waals surface area contributed by atoms with E-state index in [-0.39, 0.29) is 6.04 Å². The first kappa shape index (κ1) is 14.3. The molecule has 1 aromatic heterocycles. The van der Waals surface area contributed by atoms with Gasteiger partial charge in [-0.15, -0.1) is 0 Å². The molecule has 0 aliphatic heterocycles. The summed E-state index contributed by atoms with van der Waals surface area (Å²) in [6, 6.07) is 25.0. The van der Waals surface area contributed by atoms with E-state index in [9.17, 15) is 5.11 Å². The number of rotatable bonds is 5. The minimum absolute atomic E-state index is 0.265. The number of pyridine rings is 1. The highest BCUT2D eigenvalue weighted by molar-refractivity contribution is 5.40. The predicted molar refractivity (Wildman–Crippen MR) is 88.4 cm³/mol. The maximum absolute atomic E-state index is 10.8. The Morgan fingerprint density at radius 1 is 0.727 bits per heavy atom. The Morgan fingerprint density at radius 3 is 1.91 bits per heavy atom. The third kappa shape index (κ3) is 3.32. The number of nitrogens with zero attached hydrogens (tertiary/aromatic N) is 1. The van der Waals surface area contributed by atoms with Crippen LogP contribution in [-0.4, -0.2) is 10.1 Å². The molecule has 0 aliphatic carbocycles. The number of aliphatic hydroxyl groups excluding tert-OH is 1. The van der Waals surface area contributed by atoms with Crippen LogP contribution in [0, 0.1) is 0 Å². The number of hydrogen-bond acceptors (Lipinski definition) is 3. The fourth-order valence-electron chi connectivity index (χ4n) is 2.46. The van der Waals surface area contributed by atoms with Crippen molar-refractivity contribution in [3.63, 3.8) is 0 Å². The molecule has 3 heteroatoms. The van der Waals surface area contributed by atoms with E-state index in [0.29, 0.717) is 0 Å². The van der Waals surface area contributed by atoms with E-state index in [1.165, 1.54) is 0 Å². The maximum Gasteiger partial charge on any atom is 0.126 e. The molecule has 0 amide bonds. The molecule has 0 saturated carbocycles. The van der Waals surface area contributed by atoms with Crippen molar-refractivity contribution in [2.24, 2.45) is 0 Å². The number of aromatic nitrogens is 1. The summed E-state index contributed by atoms with van der Waals surface area (Å²) in [7, 11) is 0. The van der Waals surface area contributed by atoms with Crippen LogP contribution in [0.15, 0.2) is 85.1 Å². The van der Waals surface area contributed by atoms with Gasteiger partial charge < -0.3 is 10.4 Å². The number of benzene rings is 2. The molecule has 2 N–H and O–H groups in total. The van der Waals surface area contributed by atoms with Crippen LogP contribution in [-0.2, 0) is 0 Å². The minimum atomic E-state index is -0.661. The molecule has 0 bridgehead atoms. The van der Waals surface area contributed by atoms with Crippen molar-refractivity contribution in [1.29, 1.82) is 0 Å². The summed E-state index contributed by atoms with van der Waals surface area (Å²) in [5, 5.41) is 14.1. The second kappa shape index (κ2) is 6.87. The molecular weight excluding hydrogens is 272 g/mol. The molecule has 0 unspecified atom stereocenters. The van der Waals surface area contributed by atoms with E-state index >= 15 is 0 Å².